The summed E-state index contributed by atoms with van der Waals surface area (Å²) in [7, 11) is -1.61. The molecule has 0 N–H and O–H groups in total. The summed E-state index contributed by atoms with van der Waals surface area (Å²) in [5.41, 5.74) is 0. The summed E-state index contributed by atoms with van der Waals surface area (Å²) in [5, 5.41) is 1.81. The van der Waals surface area contributed by atoms with Gasteiger partial charge in [-0.1, -0.05) is 6.42 Å². The second-order valence-corrected chi connectivity index (χ2v) is 9.79. The van der Waals surface area contributed by atoms with Crippen LogP contribution >= 0.6 is 27.3 Å². The van der Waals surface area contributed by atoms with Crippen LogP contribution in [-0.2, 0) is 10.0 Å². The Morgan fingerprint density at radius 2 is 2.21 bits per heavy atom. The highest BCUT2D eigenvalue weighted by Gasteiger charge is 2.41. The maximum atomic E-state index is 12.5. The van der Waals surface area contributed by atoms with Crippen molar-refractivity contribution in [1.82, 2.24) is 4.31 Å². The van der Waals surface area contributed by atoms with Gasteiger partial charge in [0.15, 0.2) is 0 Å². The lowest BCUT2D eigenvalue weighted by Crippen LogP contribution is -2.33. The van der Waals surface area contributed by atoms with Crippen LogP contribution in [0.4, 0.5) is 0 Å². The van der Waals surface area contributed by atoms with Gasteiger partial charge < -0.3 is 0 Å². The van der Waals surface area contributed by atoms with E-state index >= 15 is 0 Å². The van der Waals surface area contributed by atoms with Crippen LogP contribution in [0.25, 0.3) is 0 Å². The number of sulfonamides is 1. The molecular formula is C13H18BrNO2S2. The topological polar surface area (TPSA) is 37.4 Å². The molecule has 0 saturated heterocycles. The Labute approximate surface area is 127 Å². The molecule has 0 aromatic carbocycles. The predicted octanol–water partition coefficient (Wildman–Crippen LogP) is 3.57. The quantitative estimate of drug-likeness (QED) is 0.819. The van der Waals surface area contributed by atoms with Crippen LogP contribution in [0, 0.1) is 17.8 Å². The van der Waals surface area contributed by atoms with Gasteiger partial charge in [-0.15, -0.1) is 11.3 Å². The summed E-state index contributed by atoms with van der Waals surface area (Å²) in [4.78, 5) is 0. The second-order valence-electron chi connectivity index (χ2n) is 5.78. The van der Waals surface area contributed by atoms with E-state index in [0.29, 0.717) is 21.1 Å². The fourth-order valence-electron chi connectivity index (χ4n) is 3.63. The molecule has 1 aromatic heterocycles. The van der Waals surface area contributed by atoms with E-state index in [2.05, 4.69) is 15.9 Å². The molecule has 1 heterocycles. The van der Waals surface area contributed by atoms with Crippen LogP contribution in [-0.4, -0.2) is 26.3 Å². The molecule has 0 spiro atoms. The van der Waals surface area contributed by atoms with Gasteiger partial charge in [0.05, 0.1) is 0 Å². The van der Waals surface area contributed by atoms with Crippen molar-refractivity contribution >= 4 is 37.3 Å². The molecule has 3 unspecified atom stereocenters. The highest BCUT2D eigenvalue weighted by Crippen LogP contribution is 2.48. The smallest absolute Gasteiger partial charge is 0.206 e. The van der Waals surface area contributed by atoms with Gasteiger partial charge in [-0.3, -0.25) is 0 Å². The molecule has 0 radical (unpaired) electrons. The number of rotatable bonds is 4. The summed E-state index contributed by atoms with van der Waals surface area (Å²) in [5.74, 6) is 2.19. The normalized spacial score (nSPS) is 30.4. The van der Waals surface area contributed by atoms with E-state index in [1.807, 2.05) is 5.38 Å². The van der Waals surface area contributed by atoms with E-state index in [0.717, 1.165) is 11.8 Å². The number of hydrogen-bond acceptors (Lipinski definition) is 3. The standard InChI is InChI=1S/C13H18BrNO2S2/c1-15(8-11-7-9-2-3-10(11)6-9)19(16,17)13-12(14)4-5-18-13/h4-5,9-11H,2-3,6-8H2,1H3. The number of halogens is 1. The zero-order valence-corrected chi connectivity index (χ0v) is 14.1. The zero-order chi connectivity index (χ0) is 13.6. The monoisotopic (exact) mass is 363 g/mol. The number of nitrogens with zero attached hydrogens (tertiary/aromatic N) is 1. The van der Waals surface area contributed by atoms with Crippen molar-refractivity contribution in [2.75, 3.05) is 13.6 Å². The zero-order valence-electron chi connectivity index (χ0n) is 10.9. The molecule has 19 heavy (non-hydrogen) atoms. The van der Waals surface area contributed by atoms with Crippen LogP contribution in [0.1, 0.15) is 25.7 Å². The molecule has 6 heteroatoms. The Kier molecular flexibility index (Phi) is 3.79. The molecule has 2 aliphatic rings. The Balaban J connectivity index is 1.73. The van der Waals surface area contributed by atoms with Crippen LogP contribution in [0.2, 0.25) is 0 Å². The molecule has 106 valence electrons. The van der Waals surface area contributed by atoms with Gasteiger partial charge in [0, 0.05) is 18.1 Å². The van der Waals surface area contributed by atoms with Crippen LogP contribution in [0.5, 0.6) is 0 Å². The van der Waals surface area contributed by atoms with E-state index < -0.39 is 10.0 Å². The lowest BCUT2D eigenvalue weighted by atomic mass is 9.89. The Morgan fingerprint density at radius 3 is 2.74 bits per heavy atom. The highest BCUT2D eigenvalue weighted by molar-refractivity contribution is 9.10. The summed E-state index contributed by atoms with van der Waals surface area (Å²) in [6.45, 7) is 0.674. The molecule has 2 fully saturated rings. The Bertz CT molecular complexity index is 569. The van der Waals surface area contributed by atoms with Gasteiger partial charge in [-0.25, -0.2) is 8.42 Å². The minimum Gasteiger partial charge on any atom is -0.206 e. The van der Waals surface area contributed by atoms with E-state index in [4.69, 9.17) is 0 Å². The third-order valence-corrected chi connectivity index (χ3v) is 9.08. The molecular weight excluding hydrogens is 346 g/mol. The molecule has 3 atom stereocenters. The maximum absolute atomic E-state index is 12.5. The first-order valence-electron chi connectivity index (χ1n) is 6.68. The van der Waals surface area contributed by atoms with Crippen LogP contribution in [0.15, 0.2) is 20.1 Å². The Hall–Kier alpha value is 0.0900. The predicted molar refractivity (Wildman–Crippen MR) is 80.8 cm³/mol. The number of thiophene rings is 1. The first-order valence-corrected chi connectivity index (χ1v) is 9.79. The van der Waals surface area contributed by atoms with Gasteiger partial charge in [-0.2, -0.15) is 4.31 Å². The number of fused-ring (bicyclic) bond motifs is 2. The fourth-order valence-corrected chi connectivity index (χ4v) is 7.36. The SMILES string of the molecule is CN(CC1CC2CCC1C2)S(=O)(=O)c1sccc1Br. The molecule has 1 aromatic rings. The van der Waals surface area contributed by atoms with Crippen molar-refractivity contribution in [1.29, 1.82) is 0 Å². The summed E-state index contributed by atoms with van der Waals surface area (Å²) in [6, 6.07) is 1.79. The molecule has 0 aliphatic heterocycles. The molecule has 2 saturated carbocycles. The fraction of sp³-hybridized carbons (Fsp3) is 0.692. The second kappa shape index (κ2) is 5.13. The summed E-state index contributed by atoms with van der Waals surface area (Å²) >= 11 is 4.60. The van der Waals surface area contributed by atoms with E-state index in [9.17, 15) is 8.42 Å². The van der Waals surface area contributed by atoms with Crippen molar-refractivity contribution in [3.8, 4) is 0 Å². The van der Waals surface area contributed by atoms with Crippen molar-refractivity contribution < 1.29 is 8.42 Å². The van der Waals surface area contributed by atoms with Gasteiger partial charge >= 0.3 is 0 Å². The molecule has 0 amide bonds. The minimum atomic E-state index is -3.33. The first kappa shape index (κ1) is 14.0. The lowest BCUT2D eigenvalue weighted by molar-refractivity contribution is 0.280. The van der Waals surface area contributed by atoms with Gasteiger partial charge in [0.2, 0.25) is 0 Å². The molecule has 3 nitrogen and oxygen atoms in total. The maximum Gasteiger partial charge on any atom is 0.253 e. The van der Waals surface area contributed by atoms with Crippen molar-refractivity contribution in [2.45, 2.75) is 29.9 Å². The molecule has 2 bridgehead atoms. The Morgan fingerprint density at radius 1 is 1.42 bits per heavy atom. The van der Waals surface area contributed by atoms with Gasteiger partial charge in [0.25, 0.3) is 10.0 Å². The van der Waals surface area contributed by atoms with E-state index in [-0.39, 0.29) is 0 Å². The van der Waals surface area contributed by atoms with Crippen LogP contribution in [0.3, 0.4) is 0 Å². The average molecular weight is 364 g/mol. The first-order chi connectivity index (χ1) is 8.98. The largest absolute Gasteiger partial charge is 0.253 e. The van der Waals surface area contributed by atoms with Crippen LogP contribution < -0.4 is 0 Å². The van der Waals surface area contributed by atoms with Gasteiger partial charge in [0.1, 0.15) is 4.21 Å². The van der Waals surface area contributed by atoms with E-state index in [1.165, 1.54) is 37.0 Å². The summed E-state index contributed by atoms with van der Waals surface area (Å²) in [6.07, 6.45) is 5.19. The molecule has 3 rings (SSSR count). The average Bonchev–Trinajstić information content (AvgIpc) is 3.04. The van der Waals surface area contributed by atoms with Crippen molar-refractivity contribution in [2.24, 2.45) is 17.8 Å². The van der Waals surface area contributed by atoms with Gasteiger partial charge in [-0.05, 0) is 64.4 Å². The lowest BCUT2D eigenvalue weighted by Gasteiger charge is -2.26. The third-order valence-electron chi connectivity index (χ3n) is 4.61. The number of hydrogen-bond donors (Lipinski definition) is 0. The van der Waals surface area contributed by atoms with Crippen molar-refractivity contribution in [3.63, 3.8) is 0 Å². The van der Waals surface area contributed by atoms with Crippen molar-refractivity contribution in [3.05, 3.63) is 15.9 Å². The summed E-state index contributed by atoms with van der Waals surface area (Å²) < 4.78 is 27.7. The third kappa shape index (κ3) is 2.52. The minimum absolute atomic E-state index is 0.429. The molecule has 2 aliphatic carbocycles. The van der Waals surface area contributed by atoms with E-state index in [1.54, 1.807) is 17.4 Å². The highest BCUT2D eigenvalue weighted by atomic mass is 79.9.